The number of rotatable bonds is 7. The van der Waals surface area contributed by atoms with Crippen LogP contribution in [-0.4, -0.2) is 46.5 Å². The third-order valence-electron chi connectivity index (χ3n) is 9.65. The monoisotopic (exact) mass is 615 g/mol. The molecule has 0 spiro atoms. The lowest BCUT2D eigenvalue weighted by molar-refractivity contribution is -0.401. The molecule has 3 aromatic rings. The van der Waals surface area contributed by atoms with Crippen molar-refractivity contribution in [2.24, 2.45) is 0 Å². The van der Waals surface area contributed by atoms with E-state index in [1.165, 1.54) is 0 Å². The van der Waals surface area contributed by atoms with Crippen LogP contribution in [0.1, 0.15) is 72.4 Å². The van der Waals surface area contributed by atoms with Crippen LogP contribution in [-0.2, 0) is 10.8 Å². The first-order valence-corrected chi connectivity index (χ1v) is 15.5. The molecule has 0 atom stereocenters. The van der Waals surface area contributed by atoms with Crippen LogP contribution in [0, 0.1) is 0 Å². The summed E-state index contributed by atoms with van der Waals surface area (Å²) in [5, 5.41) is 19.2. The molecule has 6 rings (SSSR count). The Morgan fingerprint density at radius 2 is 1.48 bits per heavy atom. The van der Waals surface area contributed by atoms with Crippen LogP contribution >= 0.6 is 0 Å². The highest BCUT2D eigenvalue weighted by atomic mass is 16.5. The maximum Gasteiger partial charge on any atom is 0.335 e. The summed E-state index contributed by atoms with van der Waals surface area (Å²) < 4.78 is 8.70. The van der Waals surface area contributed by atoms with Crippen LogP contribution in [0.15, 0.2) is 114 Å². The number of fused-ring (bicyclic) bond motifs is 2. The summed E-state index contributed by atoms with van der Waals surface area (Å²) in [6, 6.07) is 20.4. The Hall–Kier alpha value is -5.17. The van der Waals surface area contributed by atoms with Gasteiger partial charge in [0.1, 0.15) is 18.6 Å². The first kappa shape index (κ1) is 30.8. The van der Waals surface area contributed by atoms with Crippen LogP contribution in [0.5, 0.6) is 5.75 Å². The fourth-order valence-corrected chi connectivity index (χ4v) is 7.06. The van der Waals surface area contributed by atoms with E-state index in [1.54, 1.807) is 24.3 Å². The molecule has 0 aromatic heterocycles. The van der Waals surface area contributed by atoms with E-state index in [1.807, 2.05) is 56.6 Å². The van der Waals surface area contributed by atoms with Gasteiger partial charge >= 0.3 is 11.9 Å². The van der Waals surface area contributed by atoms with Gasteiger partial charge in [0, 0.05) is 41.6 Å². The van der Waals surface area contributed by atoms with Gasteiger partial charge in [-0.15, -0.1) is 0 Å². The lowest BCUT2D eigenvalue weighted by Gasteiger charge is -2.24. The number of likely N-dealkylation sites (N-methyl/N-ethyl adjacent to an activating group) is 1. The second-order valence-electron chi connectivity index (χ2n) is 13.2. The summed E-state index contributed by atoms with van der Waals surface area (Å²) in [6.07, 6.45) is 10.2. The van der Waals surface area contributed by atoms with Crippen molar-refractivity contribution in [2.75, 3.05) is 19.0 Å². The fraction of sp³-hybridized carbons (Fsp3) is 0.256. The molecule has 234 valence electrons. The molecular formula is C39H39N2O5+. The van der Waals surface area contributed by atoms with Crippen LogP contribution in [0.25, 0.3) is 0 Å². The number of allylic oxidation sites excluding steroid dienone is 7. The first-order chi connectivity index (χ1) is 21.8. The number of carboxylic acid groups (broad SMARTS) is 2. The topological polar surface area (TPSA) is 90.1 Å². The number of hydrogen-bond acceptors (Lipinski definition) is 4. The molecule has 3 aliphatic rings. The van der Waals surface area contributed by atoms with Gasteiger partial charge in [0.2, 0.25) is 5.69 Å². The van der Waals surface area contributed by atoms with E-state index >= 15 is 0 Å². The Bertz CT molecular complexity index is 1940. The quantitative estimate of drug-likeness (QED) is 0.262. The van der Waals surface area contributed by atoms with E-state index in [0.717, 1.165) is 69.4 Å². The number of benzene rings is 3. The van der Waals surface area contributed by atoms with Gasteiger partial charge in [-0.3, -0.25) is 0 Å². The third-order valence-corrected chi connectivity index (χ3v) is 9.65. The highest BCUT2D eigenvalue weighted by Crippen LogP contribution is 2.47. The molecule has 2 heterocycles. The van der Waals surface area contributed by atoms with E-state index in [4.69, 9.17) is 4.74 Å². The van der Waals surface area contributed by atoms with E-state index in [-0.39, 0.29) is 22.0 Å². The summed E-state index contributed by atoms with van der Waals surface area (Å²) in [5.74, 6) is -0.276. The molecule has 0 unspecified atom stereocenters. The van der Waals surface area contributed by atoms with Gasteiger partial charge in [-0.1, -0.05) is 38.1 Å². The Labute approximate surface area is 269 Å². The highest BCUT2D eigenvalue weighted by molar-refractivity contribution is 6.04. The van der Waals surface area contributed by atoms with Gasteiger partial charge in [0.25, 0.3) is 0 Å². The zero-order valence-electron chi connectivity index (χ0n) is 27.1. The minimum absolute atomic E-state index is 0.285. The molecule has 0 bridgehead atoms. The van der Waals surface area contributed by atoms with Crippen molar-refractivity contribution in [3.05, 3.63) is 136 Å². The van der Waals surface area contributed by atoms with Crippen molar-refractivity contribution in [1.82, 2.24) is 0 Å². The second kappa shape index (κ2) is 11.3. The van der Waals surface area contributed by atoms with Gasteiger partial charge in [-0.25, -0.2) is 9.59 Å². The van der Waals surface area contributed by atoms with Crippen molar-refractivity contribution in [3.63, 3.8) is 0 Å². The van der Waals surface area contributed by atoms with Crippen LogP contribution in [0.2, 0.25) is 0 Å². The number of nitrogens with zero attached hydrogens (tertiary/aromatic N) is 2. The molecule has 0 saturated heterocycles. The molecule has 2 N–H and O–H groups in total. The minimum Gasteiger partial charge on any atom is -0.478 e. The van der Waals surface area contributed by atoms with Gasteiger partial charge in [-0.05, 0) is 98.0 Å². The highest BCUT2D eigenvalue weighted by Gasteiger charge is 2.43. The molecule has 3 aromatic carbocycles. The largest absolute Gasteiger partial charge is 0.478 e. The molecular weight excluding hydrogens is 576 g/mol. The summed E-state index contributed by atoms with van der Waals surface area (Å²) in [5.41, 5.74) is 8.09. The molecule has 0 saturated carbocycles. The van der Waals surface area contributed by atoms with Crippen molar-refractivity contribution in [3.8, 4) is 5.75 Å². The third kappa shape index (κ3) is 5.15. The zero-order chi connectivity index (χ0) is 33.0. The molecule has 0 amide bonds. The maximum absolute atomic E-state index is 11.7. The van der Waals surface area contributed by atoms with Gasteiger partial charge in [-0.2, -0.15) is 4.58 Å². The average molecular weight is 616 g/mol. The predicted octanol–water partition coefficient (Wildman–Crippen LogP) is 8.01. The van der Waals surface area contributed by atoms with E-state index in [0.29, 0.717) is 0 Å². The van der Waals surface area contributed by atoms with E-state index in [2.05, 4.69) is 61.5 Å². The number of para-hydroxylation sites is 1. The van der Waals surface area contributed by atoms with Crippen molar-refractivity contribution >= 4 is 29.0 Å². The van der Waals surface area contributed by atoms with Gasteiger partial charge in [0.05, 0.1) is 16.5 Å². The maximum atomic E-state index is 11.7. The Kier molecular flexibility index (Phi) is 7.59. The van der Waals surface area contributed by atoms with Crippen LogP contribution < -0.4 is 9.64 Å². The molecule has 7 nitrogen and oxygen atoms in total. The zero-order valence-corrected chi connectivity index (χ0v) is 27.1. The Morgan fingerprint density at radius 1 is 0.826 bits per heavy atom. The summed E-state index contributed by atoms with van der Waals surface area (Å²) in [6.45, 7) is 8.50. The summed E-state index contributed by atoms with van der Waals surface area (Å²) >= 11 is 0. The molecule has 46 heavy (non-hydrogen) atoms. The Morgan fingerprint density at radius 3 is 2.15 bits per heavy atom. The first-order valence-electron chi connectivity index (χ1n) is 15.5. The van der Waals surface area contributed by atoms with Crippen molar-refractivity contribution in [1.29, 1.82) is 0 Å². The smallest absolute Gasteiger partial charge is 0.335 e. The number of aromatic carboxylic acids is 2. The normalized spacial score (nSPS) is 19.8. The second-order valence-corrected chi connectivity index (χ2v) is 13.2. The van der Waals surface area contributed by atoms with Crippen LogP contribution in [0.4, 0.5) is 11.4 Å². The van der Waals surface area contributed by atoms with E-state index < -0.39 is 11.9 Å². The lowest BCUT2D eigenvalue weighted by Crippen LogP contribution is -2.26. The SMILES string of the molecule is CN1C(=CC=C2CCC(C=CC3=[N+](C)c4ccc(C(=O)O)cc4C3(C)C)=C2Oc2ccccc2)C(C)(C)c2cc(C(=O)O)ccc21. The van der Waals surface area contributed by atoms with Crippen molar-refractivity contribution < 1.29 is 29.1 Å². The molecule has 7 heteroatoms. The average Bonchev–Trinajstić information content (AvgIpc) is 3.56. The fourth-order valence-electron chi connectivity index (χ4n) is 7.06. The molecule has 2 aliphatic heterocycles. The van der Waals surface area contributed by atoms with Crippen LogP contribution in [0.3, 0.4) is 0 Å². The minimum atomic E-state index is -0.931. The number of carbonyl (C=O) groups is 2. The number of hydrogen-bond donors (Lipinski definition) is 2. The Balaban J connectivity index is 1.38. The van der Waals surface area contributed by atoms with Gasteiger partial charge in [0.15, 0.2) is 5.71 Å². The molecule has 0 radical (unpaired) electrons. The molecule has 0 fully saturated rings. The predicted molar refractivity (Wildman–Crippen MR) is 181 cm³/mol. The van der Waals surface area contributed by atoms with E-state index in [9.17, 15) is 19.8 Å². The lowest BCUT2D eigenvalue weighted by atomic mass is 9.80. The summed E-state index contributed by atoms with van der Waals surface area (Å²) in [7, 11) is 4.04. The number of carboxylic acids is 2. The number of ether oxygens (including phenoxy) is 1. The molecule has 1 aliphatic carbocycles. The van der Waals surface area contributed by atoms with Crippen molar-refractivity contribution in [2.45, 2.75) is 51.4 Å². The summed E-state index contributed by atoms with van der Waals surface area (Å²) in [4.78, 5) is 25.5. The standard InChI is InChI=1S/C39H38N2O5/c1-38(2)29-22-26(36(42)43)14-18-31(29)40(5)33(38)20-16-24-12-13-25(35(24)46-28-10-8-7-9-11-28)17-21-34-39(3,4)30-23-27(37(44)45)15-19-32(30)41(34)6/h7-11,14-23H,12-13H2,1-6H3,(H-,42,43,44,45)/p+1. The van der Waals surface area contributed by atoms with Gasteiger partial charge < -0.3 is 19.8 Å². The number of anilines is 1.